The molecule has 0 saturated carbocycles. The van der Waals surface area contributed by atoms with Gasteiger partial charge in [0.25, 0.3) is 5.60 Å². The maximum absolute atomic E-state index is 14.1. The highest BCUT2D eigenvalue weighted by atomic mass is 35.5. The molecule has 2 aromatic rings. The third-order valence-electron chi connectivity index (χ3n) is 4.98. The molecule has 3 rings (SSSR count). The van der Waals surface area contributed by atoms with Gasteiger partial charge in [-0.3, -0.25) is 15.6 Å². The minimum atomic E-state index is -4.98. The molecular formula is C21H19ClF5N3O2. The topological polar surface area (TPSA) is 62.7 Å². The van der Waals surface area contributed by atoms with Crippen LogP contribution in [0.1, 0.15) is 42.9 Å². The average molecular weight is 476 g/mol. The number of carbonyl (C=O) groups is 1. The molecule has 0 radical (unpaired) electrons. The number of halogens is 6. The van der Waals surface area contributed by atoms with E-state index in [1.807, 2.05) is 6.92 Å². The van der Waals surface area contributed by atoms with Gasteiger partial charge in [-0.15, -0.1) is 0 Å². The smallest absolute Gasteiger partial charge is 0.374 e. The van der Waals surface area contributed by atoms with E-state index in [2.05, 4.69) is 16.0 Å². The summed E-state index contributed by atoms with van der Waals surface area (Å²) < 4.78 is 69.8. The van der Waals surface area contributed by atoms with Crippen LogP contribution in [-0.2, 0) is 15.2 Å². The number of nitrogens with zero attached hydrogens (tertiary/aromatic N) is 1. The van der Waals surface area contributed by atoms with Crippen molar-refractivity contribution in [2.75, 3.05) is 5.43 Å². The third kappa shape index (κ3) is 4.50. The van der Waals surface area contributed by atoms with Crippen LogP contribution in [0.25, 0.3) is 0 Å². The second-order valence-electron chi connectivity index (χ2n) is 7.34. The third-order valence-corrected chi connectivity index (χ3v) is 5.31. The molecule has 5 nitrogen and oxygen atoms in total. The van der Waals surface area contributed by atoms with Crippen LogP contribution < -0.4 is 10.9 Å². The van der Waals surface area contributed by atoms with E-state index in [0.29, 0.717) is 12.5 Å². The quantitative estimate of drug-likeness (QED) is 0.413. The Morgan fingerprint density at radius 2 is 1.97 bits per heavy atom. The van der Waals surface area contributed by atoms with E-state index in [1.54, 1.807) is 0 Å². The fourth-order valence-electron chi connectivity index (χ4n) is 3.25. The Morgan fingerprint density at radius 1 is 1.25 bits per heavy atom. The Morgan fingerprint density at radius 3 is 2.59 bits per heavy atom. The fraction of sp³-hybridized carbons (Fsp3) is 0.333. The number of hydrazine groups is 1. The monoisotopic (exact) mass is 475 g/mol. The molecule has 1 atom stereocenters. The van der Waals surface area contributed by atoms with Gasteiger partial charge in [0.1, 0.15) is 0 Å². The summed E-state index contributed by atoms with van der Waals surface area (Å²) >= 11 is 6.10. The van der Waals surface area contributed by atoms with E-state index < -0.39 is 35.4 Å². The van der Waals surface area contributed by atoms with Gasteiger partial charge in [0.2, 0.25) is 5.91 Å². The first kappa shape index (κ1) is 23.8. The maximum atomic E-state index is 14.1. The molecule has 1 aliphatic rings. The molecule has 0 aromatic heterocycles. The number of hydrogen-bond donors (Lipinski definition) is 2. The molecule has 0 bridgehead atoms. The Bertz CT molecular complexity index is 1050. The first-order chi connectivity index (χ1) is 15.0. The predicted octanol–water partition coefficient (Wildman–Crippen LogP) is 5.75. The van der Waals surface area contributed by atoms with Gasteiger partial charge in [-0.2, -0.15) is 13.2 Å². The molecule has 11 heteroatoms. The van der Waals surface area contributed by atoms with Gasteiger partial charge in [0.15, 0.2) is 11.6 Å². The van der Waals surface area contributed by atoms with Crippen molar-refractivity contribution in [1.29, 1.82) is 0 Å². The summed E-state index contributed by atoms with van der Waals surface area (Å²) in [5.41, 5.74) is 1.60. The zero-order chi connectivity index (χ0) is 23.7. The molecule has 0 fully saturated rings. The number of rotatable bonds is 6. The number of carbonyl (C=O) groups excluding carboxylic acids is 1. The number of aryl methyl sites for hydroxylation is 1. The molecule has 0 spiro atoms. The molecule has 1 heterocycles. The van der Waals surface area contributed by atoms with Gasteiger partial charge >= 0.3 is 6.18 Å². The summed E-state index contributed by atoms with van der Waals surface area (Å²) in [5, 5.41) is 3.81. The maximum Gasteiger partial charge on any atom is 0.435 e. The summed E-state index contributed by atoms with van der Waals surface area (Å²) in [6.45, 7) is 2.99. The number of nitrogens with one attached hydrogen (secondary N) is 2. The Labute approximate surface area is 185 Å². The predicted molar refractivity (Wildman–Crippen MR) is 109 cm³/mol. The number of hydrogen-bond acceptors (Lipinski definition) is 4. The van der Waals surface area contributed by atoms with Crippen LogP contribution in [0, 0.1) is 18.6 Å². The zero-order valence-corrected chi connectivity index (χ0v) is 17.8. The number of anilines is 1. The Hall–Kier alpha value is -2.88. The molecule has 0 saturated heterocycles. The second kappa shape index (κ2) is 8.93. The molecule has 32 heavy (non-hydrogen) atoms. The lowest BCUT2D eigenvalue weighted by molar-refractivity contribution is -0.276. The van der Waals surface area contributed by atoms with Crippen LogP contribution >= 0.6 is 11.6 Å². The summed E-state index contributed by atoms with van der Waals surface area (Å²) in [6.07, 6.45) is -4.86. The Kier molecular flexibility index (Phi) is 6.64. The lowest BCUT2D eigenvalue weighted by atomic mass is 9.85. The molecule has 1 aliphatic heterocycles. The first-order valence-electron chi connectivity index (χ1n) is 9.61. The van der Waals surface area contributed by atoms with Gasteiger partial charge in [-0.1, -0.05) is 29.7 Å². The van der Waals surface area contributed by atoms with Crippen LogP contribution in [0.2, 0.25) is 5.02 Å². The van der Waals surface area contributed by atoms with Crippen LogP contribution in [0.4, 0.5) is 27.6 Å². The van der Waals surface area contributed by atoms with Gasteiger partial charge in [0.05, 0.1) is 16.4 Å². The summed E-state index contributed by atoms with van der Waals surface area (Å²) in [7, 11) is 0. The number of oxime groups is 1. The zero-order valence-electron chi connectivity index (χ0n) is 17.0. The van der Waals surface area contributed by atoms with Gasteiger partial charge < -0.3 is 4.84 Å². The van der Waals surface area contributed by atoms with E-state index in [-0.39, 0.29) is 39.9 Å². The number of alkyl halides is 3. The molecule has 172 valence electrons. The minimum absolute atomic E-state index is 0.0793. The second-order valence-corrected chi connectivity index (χ2v) is 7.74. The van der Waals surface area contributed by atoms with E-state index in [0.717, 1.165) is 13.0 Å². The van der Waals surface area contributed by atoms with Crippen molar-refractivity contribution in [3.8, 4) is 0 Å². The van der Waals surface area contributed by atoms with Crippen molar-refractivity contribution in [2.45, 2.75) is 44.9 Å². The SMILES string of the molecule is CCCC(=O)NNc1cc(C2=NOC(c3cc(C)c(F)c(F)c3)(C(F)(F)F)C2)ccc1Cl. The van der Waals surface area contributed by atoms with Gasteiger partial charge in [0, 0.05) is 24.0 Å². The van der Waals surface area contributed by atoms with Gasteiger partial charge in [-0.25, -0.2) is 8.78 Å². The average Bonchev–Trinajstić information content (AvgIpc) is 3.18. The molecule has 2 N–H and O–H groups in total. The first-order valence-corrected chi connectivity index (χ1v) is 9.99. The highest BCUT2D eigenvalue weighted by molar-refractivity contribution is 6.33. The molecular weight excluding hydrogens is 457 g/mol. The molecule has 1 unspecified atom stereocenters. The van der Waals surface area contributed by atoms with Crippen LogP contribution in [-0.4, -0.2) is 17.8 Å². The van der Waals surface area contributed by atoms with Crippen LogP contribution in [0.5, 0.6) is 0 Å². The summed E-state index contributed by atoms with van der Waals surface area (Å²) in [6, 6.07) is 5.62. The van der Waals surface area contributed by atoms with Crippen molar-refractivity contribution in [3.05, 3.63) is 63.7 Å². The van der Waals surface area contributed by atoms with E-state index in [1.165, 1.54) is 18.2 Å². The van der Waals surface area contributed by atoms with Crippen molar-refractivity contribution in [3.63, 3.8) is 0 Å². The molecule has 2 aromatic carbocycles. The lowest BCUT2D eigenvalue weighted by Crippen LogP contribution is -2.43. The van der Waals surface area contributed by atoms with E-state index >= 15 is 0 Å². The highest BCUT2D eigenvalue weighted by Crippen LogP contribution is 2.49. The summed E-state index contributed by atoms with van der Waals surface area (Å²) in [4.78, 5) is 16.5. The lowest BCUT2D eigenvalue weighted by Gasteiger charge is -2.29. The van der Waals surface area contributed by atoms with Crippen molar-refractivity contribution in [2.24, 2.45) is 5.16 Å². The van der Waals surface area contributed by atoms with Gasteiger partial charge in [-0.05, 0) is 43.2 Å². The van der Waals surface area contributed by atoms with E-state index in [9.17, 15) is 26.7 Å². The Balaban J connectivity index is 1.92. The minimum Gasteiger partial charge on any atom is -0.374 e. The molecule has 0 aliphatic carbocycles. The number of benzene rings is 2. The normalized spacial score (nSPS) is 18.2. The fourth-order valence-corrected chi connectivity index (χ4v) is 3.41. The van der Waals surface area contributed by atoms with E-state index in [4.69, 9.17) is 16.4 Å². The van der Waals surface area contributed by atoms with Crippen LogP contribution in [0.3, 0.4) is 0 Å². The van der Waals surface area contributed by atoms with Crippen molar-refractivity contribution < 1.29 is 31.6 Å². The standard InChI is InChI=1S/C21H19ClF5N3O2/c1-3-4-18(31)29-28-16-8-12(5-6-14(16)22)17-10-20(32-30-17,21(25,26)27)13-7-11(2)19(24)15(23)9-13/h5-9,28H,3-4,10H2,1-2H3,(H,29,31). The largest absolute Gasteiger partial charge is 0.435 e. The summed E-state index contributed by atoms with van der Waals surface area (Å²) in [5.74, 6) is -2.94. The number of amides is 1. The van der Waals surface area contributed by atoms with Crippen LogP contribution in [0.15, 0.2) is 35.5 Å². The van der Waals surface area contributed by atoms with Crippen molar-refractivity contribution >= 4 is 28.9 Å². The molecule has 1 amide bonds. The van der Waals surface area contributed by atoms with Crippen molar-refractivity contribution in [1.82, 2.24) is 5.43 Å². The highest BCUT2D eigenvalue weighted by Gasteiger charge is 2.62.